The number of hydrogen-bond donors (Lipinski definition) is 2. The fourth-order valence-electron chi connectivity index (χ4n) is 3.30. The Morgan fingerprint density at radius 2 is 1.96 bits per heavy atom. The highest BCUT2D eigenvalue weighted by Gasteiger charge is 2.28. The van der Waals surface area contributed by atoms with E-state index in [9.17, 15) is 19.5 Å². The first-order valence-electron chi connectivity index (χ1n) is 9.71. The second kappa shape index (κ2) is 11.8. The predicted octanol–water partition coefficient (Wildman–Crippen LogP) is 3.85. The first kappa shape index (κ1) is 22.3. The van der Waals surface area contributed by atoms with Gasteiger partial charge in [-0.05, 0) is 25.3 Å². The minimum Gasteiger partial charge on any atom is -0.481 e. The molecule has 0 heterocycles. The van der Waals surface area contributed by atoms with Crippen LogP contribution in [-0.2, 0) is 14.4 Å². The van der Waals surface area contributed by atoms with Crippen molar-refractivity contribution in [3.8, 4) is 0 Å². The summed E-state index contributed by atoms with van der Waals surface area (Å²) in [5, 5.41) is 18.9. The third-order valence-electron chi connectivity index (χ3n) is 4.98. The molecule has 5 nitrogen and oxygen atoms in total. The molecule has 1 aliphatic carbocycles. The highest BCUT2D eigenvalue weighted by atomic mass is 16.4. The van der Waals surface area contributed by atoms with Crippen molar-refractivity contribution in [2.75, 3.05) is 0 Å². The fourth-order valence-corrected chi connectivity index (χ4v) is 3.30. The van der Waals surface area contributed by atoms with Crippen molar-refractivity contribution in [2.45, 2.75) is 76.7 Å². The summed E-state index contributed by atoms with van der Waals surface area (Å²) < 4.78 is 0. The van der Waals surface area contributed by atoms with Gasteiger partial charge in [0.15, 0.2) is 12.1 Å². The Morgan fingerprint density at radius 3 is 2.62 bits per heavy atom. The Labute approximate surface area is 156 Å². The molecule has 3 atom stereocenters. The summed E-state index contributed by atoms with van der Waals surface area (Å²) >= 11 is 0. The largest absolute Gasteiger partial charge is 0.481 e. The van der Waals surface area contributed by atoms with Crippen LogP contribution >= 0.6 is 0 Å². The first-order valence-corrected chi connectivity index (χ1v) is 9.71. The average Bonchev–Trinajstić information content (AvgIpc) is 2.96. The second-order valence-electron chi connectivity index (χ2n) is 7.25. The lowest BCUT2D eigenvalue weighted by Crippen LogP contribution is -2.29. The molecule has 0 bridgehead atoms. The molecule has 0 aromatic carbocycles. The van der Waals surface area contributed by atoms with Crippen LogP contribution in [0.5, 0.6) is 0 Å². The summed E-state index contributed by atoms with van der Waals surface area (Å²) in [6.07, 6.45) is 14.7. The Balaban J connectivity index is 2.42. The highest BCUT2D eigenvalue weighted by molar-refractivity contribution is 5.94. The zero-order valence-corrected chi connectivity index (χ0v) is 15.7. The molecule has 0 saturated carbocycles. The number of carbonyl (C=O) groups excluding carboxylic acids is 2. The topological polar surface area (TPSA) is 91.7 Å². The molecule has 0 amide bonds. The van der Waals surface area contributed by atoms with Crippen LogP contribution in [0.3, 0.4) is 0 Å². The molecule has 0 aromatic heterocycles. The summed E-state index contributed by atoms with van der Waals surface area (Å²) in [5.74, 6) is -0.698. The van der Waals surface area contributed by atoms with Crippen molar-refractivity contribution < 1.29 is 24.6 Å². The summed E-state index contributed by atoms with van der Waals surface area (Å²) in [5.41, 5.74) is -1.31. The molecule has 1 unspecified atom stereocenters. The lowest BCUT2D eigenvalue weighted by atomic mass is 9.87. The van der Waals surface area contributed by atoms with E-state index in [0.717, 1.165) is 38.5 Å². The average molecular weight is 364 g/mol. The Bertz CT molecular complexity index is 522. The zero-order valence-electron chi connectivity index (χ0n) is 15.7. The Hall–Kier alpha value is -1.75. The lowest BCUT2D eigenvalue weighted by Gasteiger charge is -2.20. The molecule has 1 rings (SSSR count). The minimum absolute atomic E-state index is 0.0172. The summed E-state index contributed by atoms with van der Waals surface area (Å²) in [6.45, 7) is 2.02. The maximum Gasteiger partial charge on any atom is 0.303 e. The van der Waals surface area contributed by atoms with E-state index in [-0.39, 0.29) is 30.5 Å². The van der Waals surface area contributed by atoms with E-state index in [1.165, 1.54) is 0 Å². The molecule has 146 valence electrons. The smallest absolute Gasteiger partial charge is 0.303 e. The summed E-state index contributed by atoms with van der Waals surface area (Å²) in [4.78, 5) is 33.7. The standard InChI is InChI=1S/C21H32O5/c1-2-3-14-21(26,16-22)15-8-9-17-12-13-19(23)18(17)10-6-4-5-7-11-20(24)25/h8-9,12-13,16-18,26H,2-7,10-11,14-15H2,1H3,(H,24,25)/t17-,18+,21?/m0/s1. The van der Waals surface area contributed by atoms with Gasteiger partial charge in [0.2, 0.25) is 0 Å². The van der Waals surface area contributed by atoms with E-state index in [1.807, 2.05) is 25.2 Å². The number of hydrogen-bond acceptors (Lipinski definition) is 4. The maximum atomic E-state index is 12.0. The zero-order chi connectivity index (χ0) is 19.4. The molecule has 0 fully saturated rings. The van der Waals surface area contributed by atoms with Gasteiger partial charge in [-0.25, -0.2) is 0 Å². The number of aliphatic hydroxyl groups is 1. The number of carboxylic acids is 1. The molecular formula is C21H32O5. The van der Waals surface area contributed by atoms with Crippen LogP contribution in [0, 0.1) is 11.8 Å². The molecule has 0 aromatic rings. The van der Waals surface area contributed by atoms with Crippen molar-refractivity contribution in [2.24, 2.45) is 11.8 Å². The van der Waals surface area contributed by atoms with Gasteiger partial charge in [-0.15, -0.1) is 0 Å². The molecular weight excluding hydrogens is 332 g/mol. The van der Waals surface area contributed by atoms with Gasteiger partial charge in [-0.2, -0.15) is 0 Å². The van der Waals surface area contributed by atoms with Crippen molar-refractivity contribution in [1.82, 2.24) is 0 Å². The van der Waals surface area contributed by atoms with Crippen molar-refractivity contribution in [1.29, 1.82) is 0 Å². The van der Waals surface area contributed by atoms with Gasteiger partial charge in [0.1, 0.15) is 5.60 Å². The van der Waals surface area contributed by atoms with Crippen LogP contribution in [0.2, 0.25) is 0 Å². The van der Waals surface area contributed by atoms with Gasteiger partial charge >= 0.3 is 5.97 Å². The second-order valence-corrected chi connectivity index (χ2v) is 7.25. The third kappa shape index (κ3) is 8.09. The Kier molecular flexibility index (Phi) is 10.1. The third-order valence-corrected chi connectivity index (χ3v) is 4.98. The normalized spacial score (nSPS) is 22.0. The number of rotatable bonds is 14. The minimum atomic E-state index is -1.31. The quantitative estimate of drug-likeness (QED) is 0.277. The van der Waals surface area contributed by atoms with Gasteiger partial charge in [0.05, 0.1) is 0 Å². The maximum absolute atomic E-state index is 12.0. The number of allylic oxidation sites excluding steroid dienone is 3. The van der Waals surface area contributed by atoms with Crippen LogP contribution in [0.4, 0.5) is 0 Å². The monoisotopic (exact) mass is 364 g/mol. The van der Waals surface area contributed by atoms with Gasteiger partial charge < -0.3 is 15.0 Å². The Morgan fingerprint density at radius 1 is 1.23 bits per heavy atom. The molecule has 0 spiro atoms. The lowest BCUT2D eigenvalue weighted by molar-refractivity contribution is -0.137. The summed E-state index contributed by atoms with van der Waals surface area (Å²) in [7, 11) is 0. The molecule has 5 heteroatoms. The van der Waals surface area contributed by atoms with E-state index >= 15 is 0 Å². The van der Waals surface area contributed by atoms with E-state index in [1.54, 1.807) is 6.08 Å². The highest BCUT2D eigenvalue weighted by Crippen LogP contribution is 2.29. The fraction of sp³-hybridized carbons (Fsp3) is 0.667. The molecule has 1 aliphatic rings. The molecule has 2 N–H and O–H groups in total. The van der Waals surface area contributed by atoms with Crippen LogP contribution in [0.1, 0.15) is 71.1 Å². The van der Waals surface area contributed by atoms with Crippen LogP contribution in [-0.4, -0.2) is 33.9 Å². The van der Waals surface area contributed by atoms with Crippen LogP contribution < -0.4 is 0 Å². The SMILES string of the molecule is CCCCC(O)(C=O)CC=C[C@H]1C=CC(=O)[C@@H]1CCCCCCC(=O)O. The number of ketones is 1. The number of carboxylic acid groups (broad SMARTS) is 1. The first-order chi connectivity index (χ1) is 12.4. The number of unbranched alkanes of at least 4 members (excludes halogenated alkanes) is 4. The van der Waals surface area contributed by atoms with Crippen molar-refractivity contribution in [3.63, 3.8) is 0 Å². The van der Waals surface area contributed by atoms with Gasteiger partial charge in [-0.1, -0.05) is 57.3 Å². The number of aldehydes is 1. The molecule has 26 heavy (non-hydrogen) atoms. The number of aliphatic carboxylic acids is 1. The molecule has 0 aliphatic heterocycles. The van der Waals surface area contributed by atoms with E-state index in [4.69, 9.17) is 5.11 Å². The molecule has 0 saturated heterocycles. The van der Waals surface area contributed by atoms with Crippen molar-refractivity contribution in [3.05, 3.63) is 24.3 Å². The van der Waals surface area contributed by atoms with E-state index in [2.05, 4.69) is 0 Å². The van der Waals surface area contributed by atoms with Gasteiger partial charge in [0, 0.05) is 24.7 Å². The van der Waals surface area contributed by atoms with Crippen LogP contribution in [0.15, 0.2) is 24.3 Å². The number of carbonyl (C=O) groups is 3. The van der Waals surface area contributed by atoms with E-state index < -0.39 is 11.6 Å². The van der Waals surface area contributed by atoms with Crippen LogP contribution in [0.25, 0.3) is 0 Å². The summed E-state index contributed by atoms with van der Waals surface area (Å²) in [6, 6.07) is 0. The molecule has 0 radical (unpaired) electrons. The van der Waals surface area contributed by atoms with Crippen molar-refractivity contribution >= 4 is 18.0 Å². The van der Waals surface area contributed by atoms with E-state index in [0.29, 0.717) is 19.1 Å². The predicted molar refractivity (Wildman–Crippen MR) is 101 cm³/mol. The van der Waals surface area contributed by atoms with Gasteiger partial charge in [-0.3, -0.25) is 9.59 Å². The van der Waals surface area contributed by atoms with Gasteiger partial charge in [0.25, 0.3) is 0 Å².